The number of hydrogen-bond acceptors (Lipinski definition) is 7. The first-order valence-corrected chi connectivity index (χ1v) is 11.2. The molecule has 9 heteroatoms. The Kier molecular flexibility index (Phi) is 6.97. The number of hydrogen-bond donors (Lipinski definition) is 1. The fraction of sp³-hybridized carbons (Fsp3) is 0.478. The molecule has 0 saturated carbocycles. The van der Waals surface area contributed by atoms with E-state index in [0.717, 1.165) is 15.0 Å². The molecule has 1 aliphatic rings. The van der Waals surface area contributed by atoms with Crippen molar-refractivity contribution in [2.75, 3.05) is 6.67 Å². The van der Waals surface area contributed by atoms with Gasteiger partial charge in [0.15, 0.2) is 5.78 Å². The maximum absolute atomic E-state index is 13.1. The maximum atomic E-state index is 13.1. The summed E-state index contributed by atoms with van der Waals surface area (Å²) in [6, 6.07) is 8.54. The monoisotopic (exact) mass is 462 g/mol. The zero-order valence-electron chi connectivity index (χ0n) is 18.6. The van der Waals surface area contributed by atoms with E-state index < -0.39 is 48.0 Å². The van der Waals surface area contributed by atoms with Gasteiger partial charge in [0, 0.05) is 11.1 Å². The lowest BCUT2D eigenvalue weighted by Crippen LogP contribution is -2.53. The number of halogens is 1. The van der Waals surface area contributed by atoms with Gasteiger partial charge in [-0.1, -0.05) is 30.3 Å². The van der Waals surface area contributed by atoms with Crippen LogP contribution in [0.2, 0.25) is 0 Å². The average Bonchev–Trinajstić information content (AvgIpc) is 3.36. The van der Waals surface area contributed by atoms with E-state index >= 15 is 0 Å². The lowest BCUT2D eigenvalue weighted by Gasteiger charge is -2.27. The van der Waals surface area contributed by atoms with Gasteiger partial charge in [-0.3, -0.25) is 14.4 Å². The molecule has 0 spiro atoms. The maximum Gasteiger partial charge on any atom is 0.308 e. The number of nitrogens with zero attached hydrogens (tertiary/aromatic N) is 1. The highest BCUT2D eigenvalue weighted by Crippen LogP contribution is 2.34. The van der Waals surface area contributed by atoms with Crippen molar-refractivity contribution >= 4 is 44.8 Å². The van der Waals surface area contributed by atoms with Crippen molar-refractivity contribution in [2.45, 2.75) is 64.2 Å². The predicted molar refractivity (Wildman–Crippen MR) is 120 cm³/mol. The number of esters is 1. The van der Waals surface area contributed by atoms with Gasteiger partial charge >= 0.3 is 5.97 Å². The minimum Gasteiger partial charge on any atom is -0.460 e. The van der Waals surface area contributed by atoms with E-state index in [9.17, 15) is 18.8 Å². The van der Waals surface area contributed by atoms with Gasteiger partial charge in [0.05, 0.1) is 11.3 Å². The Morgan fingerprint density at radius 2 is 2.03 bits per heavy atom. The summed E-state index contributed by atoms with van der Waals surface area (Å²) in [4.78, 5) is 43.8. The molecule has 172 valence electrons. The number of fused-ring (bicyclic) bond motifs is 1. The Hall–Kier alpha value is -2.81. The van der Waals surface area contributed by atoms with Crippen molar-refractivity contribution in [2.24, 2.45) is 5.16 Å². The number of amides is 1. The molecule has 1 aromatic heterocycles. The van der Waals surface area contributed by atoms with Crippen LogP contribution in [-0.2, 0) is 24.0 Å². The Morgan fingerprint density at radius 1 is 1.31 bits per heavy atom. The van der Waals surface area contributed by atoms with Crippen molar-refractivity contribution in [3.8, 4) is 0 Å². The molecule has 32 heavy (non-hydrogen) atoms. The van der Waals surface area contributed by atoms with Crippen LogP contribution in [0.1, 0.15) is 51.8 Å². The number of oxime groups is 1. The van der Waals surface area contributed by atoms with Gasteiger partial charge in [-0.15, -0.1) is 11.3 Å². The van der Waals surface area contributed by atoms with Crippen molar-refractivity contribution < 1.29 is 28.3 Å². The molecule has 1 aromatic carbocycles. The molecule has 0 saturated heterocycles. The summed E-state index contributed by atoms with van der Waals surface area (Å²) in [7, 11) is 0. The number of ketones is 1. The summed E-state index contributed by atoms with van der Waals surface area (Å²) in [5, 5.41) is 7.71. The van der Waals surface area contributed by atoms with Gasteiger partial charge in [0.1, 0.15) is 24.0 Å². The topological polar surface area (TPSA) is 94.1 Å². The van der Waals surface area contributed by atoms with Gasteiger partial charge < -0.3 is 14.9 Å². The molecule has 1 amide bonds. The Bertz CT molecular complexity index is 1030. The van der Waals surface area contributed by atoms with E-state index in [2.05, 4.69) is 10.5 Å². The fourth-order valence-electron chi connectivity index (χ4n) is 3.38. The summed E-state index contributed by atoms with van der Waals surface area (Å²) in [6.45, 7) is 5.50. The number of benzene rings is 1. The smallest absolute Gasteiger partial charge is 0.308 e. The lowest BCUT2D eigenvalue weighted by atomic mass is 9.92. The highest BCUT2D eigenvalue weighted by atomic mass is 32.1. The van der Waals surface area contributed by atoms with Crippen LogP contribution in [0.15, 0.2) is 35.5 Å². The minimum absolute atomic E-state index is 0.200. The van der Waals surface area contributed by atoms with Crippen LogP contribution in [0.25, 0.3) is 10.1 Å². The number of Topliss-reactive ketones (excluding diaryl/α,β-unsaturated/α-hetero) is 1. The zero-order chi connectivity index (χ0) is 23.5. The molecular formula is C23H27FN2O5S. The molecule has 2 heterocycles. The third-order valence-corrected chi connectivity index (χ3v) is 6.26. The number of alkyl halides is 1. The largest absolute Gasteiger partial charge is 0.460 e. The molecular weight excluding hydrogens is 435 g/mol. The number of nitrogens with one attached hydrogen (secondary N) is 1. The quantitative estimate of drug-likeness (QED) is 0.600. The van der Waals surface area contributed by atoms with Crippen LogP contribution < -0.4 is 5.32 Å². The van der Waals surface area contributed by atoms with Crippen LogP contribution >= 0.6 is 11.3 Å². The van der Waals surface area contributed by atoms with E-state index in [1.807, 2.05) is 30.3 Å². The summed E-state index contributed by atoms with van der Waals surface area (Å²) in [5.41, 5.74) is -1.48. The number of thiophene rings is 1. The molecule has 1 N–H and O–H groups in total. The van der Waals surface area contributed by atoms with Crippen molar-refractivity contribution in [1.82, 2.24) is 5.32 Å². The van der Waals surface area contributed by atoms with Gasteiger partial charge in [-0.25, -0.2) is 4.39 Å². The van der Waals surface area contributed by atoms with Crippen LogP contribution in [0, 0.1) is 0 Å². The molecule has 3 rings (SSSR count). The first-order valence-electron chi connectivity index (χ1n) is 10.4. The first-order chi connectivity index (χ1) is 15.1. The second kappa shape index (κ2) is 9.36. The van der Waals surface area contributed by atoms with Crippen LogP contribution in [0.4, 0.5) is 4.39 Å². The average molecular weight is 463 g/mol. The lowest BCUT2D eigenvalue weighted by molar-refractivity contribution is -0.157. The second-order valence-corrected chi connectivity index (χ2v) is 9.80. The molecule has 0 fully saturated rings. The van der Waals surface area contributed by atoms with Crippen LogP contribution in [0.5, 0.6) is 0 Å². The Labute approximate surface area is 189 Å². The molecule has 2 unspecified atom stereocenters. The number of ether oxygens (including phenoxy) is 1. The van der Waals surface area contributed by atoms with E-state index in [0.29, 0.717) is 5.71 Å². The first kappa shape index (κ1) is 23.8. The second-order valence-electron chi connectivity index (χ2n) is 8.72. The molecule has 2 atom stereocenters. The highest BCUT2D eigenvalue weighted by Gasteiger charge is 2.47. The minimum atomic E-state index is -1.34. The van der Waals surface area contributed by atoms with E-state index in [-0.39, 0.29) is 12.8 Å². The van der Waals surface area contributed by atoms with Gasteiger partial charge in [-0.05, 0) is 44.7 Å². The Balaban J connectivity index is 1.73. The summed E-state index contributed by atoms with van der Waals surface area (Å²) in [6.07, 6.45) is 0.0143. The van der Waals surface area contributed by atoms with Gasteiger partial charge in [-0.2, -0.15) is 0 Å². The molecule has 1 aliphatic heterocycles. The van der Waals surface area contributed by atoms with Crippen molar-refractivity contribution in [3.63, 3.8) is 0 Å². The fourth-order valence-corrected chi connectivity index (χ4v) is 4.43. The van der Waals surface area contributed by atoms with E-state index in [1.165, 1.54) is 0 Å². The van der Waals surface area contributed by atoms with Crippen molar-refractivity contribution in [1.29, 1.82) is 0 Å². The number of rotatable bonds is 8. The number of carbonyl (C=O) groups is 3. The van der Waals surface area contributed by atoms with Crippen LogP contribution in [-0.4, -0.2) is 47.3 Å². The zero-order valence-corrected chi connectivity index (χ0v) is 19.4. The van der Waals surface area contributed by atoms with E-state index in [1.54, 1.807) is 39.0 Å². The molecule has 2 aromatic rings. The predicted octanol–water partition coefficient (Wildman–Crippen LogP) is 3.93. The standard InChI is InChI=1S/C23H27FN2O5S/c1-5-23(12-16(26-31-23)19-10-14-8-6-7-9-18(14)32-19)21(29)25-15(17(27)13-24)11-20(28)30-22(2,3)4/h6-10,15H,5,11-13H2,1-4H3,(H,25,29). The van der Waals surface area contributed by atoms with E-state index in [4.69, 9.17) is 9.57 Å². The molecule has 0 bridgehead atoms. The number of carbonyl (C=O) groups excluding carboxylic acids is 3. The van der Waals surface area contributed by atoms with Gasteiger partial charge in [0.25, 0.3) is 5.91 Å². The molecule has 0 aliphatic carbocycles. The highest BCUT2D eigenvalue weighted by molar-refractivity contribution is 7.20. The molecule has 0 radical (unpaired) electrons. The summed E-state index contributed by atoms with van der Waals surface area (Å²) >= 11 is 1.55. The van der Waals surface area contributed by atoms with Crippen LogP contribution in [0.3, 0.4) is 0 Å². The Morgan fingerprint density at radius 3 is 2.66 bits per heavy atom. The third-order valence-electron chi connectivity index (χ3n) is 5.09. The normalized spacial score (nSPS) is 19.2. The summed E-state index contributed by atoms with van der Waals surface area (Å²) < 4.78 is 19.4. The van der Waals surface area contributed by atoms with Crippen molar-refractivity contribution in [3.05, 3.63) is 35.2 Å². The summed E-state index contributed by atoms with van der Waals surface area (Å²) in [5.74, 6) is -2.22. The molecule has 7 nitrogen and oxygen atoms in total. The van der Waals surface area contributed by atoms with Gasteiger partial charge in [0.2, 0.25) is 5.60 Å². The SMILES string of the molecule is CCC1(C(=O)NC(CC(=O)OC(C)(C)C)C(=O)CF)CC(c2cc3ccccc3s2)=NO1. The third kappa shape index (κ3) is 5.32.